The Bertz CT molecular complexity index is 715. The number of hydrogen-bond donors (Lipinski definition) is 1. The fraction of sp³-hybridized carbons (Fsp3) is 0.476. The summed E-state index contributed by atoms with van der Waals surface area (Å²) in [5.41, 5.74) is 2.12. The summed E-state index contributed by atoms with van der Waals surface area (Å²) >= 11 is 0. The van der Waals surface area contributed by atoms with Crippen LogP contribution in [0.15, 0.2) is 36.5 Å². The number of carbonyl (C=O) groups is 1. The number of para-hydroxylation sites is 1. The van der Waals surface area contributed by atoms with Crippen molar-refractivity contribution in [3.05, 3.63) is 53.6 Å². The van der Waals surface area contributed by atoms with Crippen molar-refractivity contribution in [2.45, 2.75) is 58.1 Å². The van der Waals surface area contributed by atoms with Gasteiger partial charge in [-0.3, -0.25) is 4.79 Å². The van der Waals surface area contributed by atoms with E-state index in [0.29, 0.717) is 24.8 Å². The Morgan fingerprint density at radius 1 is 1.23 bits per heavy atom. The molecule has 140 valence electrons. The number of aromatic nitrogens is 1. The number of amides is 1. The highest BCUT2D eigenvalue weighted by atomic mass is 19.1. The lowest BCUT2D eigenvalue weighted by molar-refractivity contribution is -0.117. The Hall–Kier alpha value is -2.14. The molecule has 1 aliphatic rings. The van der Waals surface area contributed by atoms with Crippen molar-refractivity contribution >= 4 is 11.6 Å². The molecule has 1 aliphatic carbocycles. The number of rotatable bonds is 7. The second-order valence-corrected chi connectivity index (χ2v) is 6.98. The molecule has 0 spiro atoms. The van der Waals surface area contributed by atoms with Gasteiger partial charge in [-0.2, -0.15) is 0 Å². The van der Waals surface area contributed by atoms with E-state index in [1.165, 1.54) is 38.2 Å². The van der Waals surface area contributed by atoms with Crippen LogP contribution < -0.4 is 5.32 Å². The van der Waals surface area contributed by atoms with Gasteiger partial charge in [0.05, 0.1) is 25.3 Å². The first-order chi connectivity index (χ1) is 12.6. The van der Waals surface area contributed by atoms with Gasteiger partial charge in [0.1, 0.15) is 5.82 Å². The molecule has 0 saturated heterocycles. The van der Waals surface area contributed by atoms with Crippen molar-refractivity contribution in [1.29, 1.82) is 0 Å². The Morgan fingerprint density at radius 2 is 2.04 bits per heavy atom. The summed E-state index contributed by atoms with van der Waals surface area (Å²) in [6.45, 7) is 2.58. The molecule has 0 radical (unpaired) electrons. The van der Waals surface area contributed by atoms with E-state index in [1.807, 2.05) is 0 Å². The first-order valence-electron chi connectivity index (χ1n) is 9.43. The van der Waals surface area contributed by atoms with E-state index < -0.39 is 5.82 Å². The molecule has 26 heavy (non-hydrogen) atoms. The van der Waals surface area contributed by atoms with E-state index in [9.17, 15) is 9.18 Å². The Balaban J connectivity index is 1.44. The molecule has 1 saturated carbocycles. The van der Waals surface area contributed by atoms with Gasteiger partial charge >= 0.3 is 0 Å². The molecule has 1 aromatic carbocycles. The van der Waals surface area contributed by atoms with E-state index in [-0.39, 0.29) is 18.0 Å². The van der Waals surface area contributed by atoms with Crippen LogP contribution in [0.2, 0.25) is 0 Å². The topological polar surface area (TPSA) is 43.3 Å². The minimum absolute atomic E-state index is 0.206. The molecule has 1 amide bonds. The summed E-state index contributed by atoms with van der Waals surface area (Å²) in [5, 5.41) is 2.64. The van der Waals surface area contributed by atoms with Crippen LogP contribution in [0.4, 0.5) is 10.1 Å². The van der Waals surface area contributed by atoms with Crippen LogP contribution in [0.1, 0.15) is 55.8 Å². The number of nitrogens with one attached hydrogen (secondary N) is 1. The lowest BCUT2D eigenvalue weighted by Crippen LogP contribution is -2.17. The van der Waals surface area contributed by atoms with Crippen LogP contribution in [-0.4, -0.2) is 17.1 Å². The van der Waals surface area contributed by atoms with Crippen molar-refractivity contribution in [1.82, 2.24) is 4.57 Å². The van der Waals surface area contributed by atoms with Gasteiger partial charge in [-0.15, -0.1) is 0 Å². The van der Waals surface area contributed by atoms with Gasteiger partial charge in [0, 0.05) is 17.9 Å². The minimum Gasteiger partial charge on any atom is -0.375 e. The zero-order chi connectivity index (χ0) is 18.4. The van der Waals surface area contributed by atoms with Crippen LogP contribution in [-0.2, 0) is 16.1 Å². The number of nitrogens with zero attached hydrogens (tertiary/aromatic N) is 1. The molecule has 1 aromatic heterocycles. The predicted octanol–water partition coefficient (Wildman–Crippen LogP) is 4.99. The Morgan fingerprint density at radius 3 is 2.81 bits per heavy atom. The fourth-order valence-corrected chi connectivity index (χ4v) is 3.60. The highest BCUT2D eigenvalue weighted by molar-refractivity contribution is 5.91. The molecule has 0 aliphatic heterocycles. The Kier molecular flexibility index (Phi) is 6.45. The van der Waals surface area contributed by atoms with Crippen molar-refractivity contribution in [2.75, 3.05) is 11.9 Å². The molecule has 1 fully saturated rings. The van der Waals surface area contributed by atoms with E-state index in [0.717, 1.165) is 5.69 Å². The smallest absolute Gasteiger partial charge is 0.226 e. The molecule has 0 unspecified atom stereocenters. The maximum absolute atomic E-state index is 13.8. The Labute approximate surface area is 154 Å². The van der Waals surface area contributed by atoms with Gasteiger partial charge in [-0.25, -0.2) is 4.39 Å². The molecule has 0 bridgehead atoms. The number of ether oxygens (including phenoxy) is 1. The lowest BCUT2D eigenvalue weighted by atomic mass is 9.95. The third kappa shape index (κ3) is 4.73. The van der Waals surface area contributed by atoms with Crippen LogP contribution in [0.25, 0.3) is 0 Å². The van der Waals surface area contributed by atoms with Crippen LogP contribution in [0.3, 0.4) is 0 Å². The van der Waals surface area contributed by atoms with E-state index in [4.69, 9.17) is 4.74 Å². The van der Waals surface area contributed by atoms with E-state index in [1.54, 1.807) is 19.1 Å². The van der Waals surface area contributed by atoms with Crippen molar-refractivity contribution < 1.29 is 13.9 Å². The summed E-state index contributed by atoms with van der Waals surface area (Å²) in [6, 6.07) is 9.46. The van der Waals surface area contributed by atoms with Crippen LogP contribution >= 0.6 is 0 Å². The van der Waals surface area contributed by atoms with Crippen molar-refractivity contribution in [3.63, 3.8) is 0 Å². The molecule has 2 aromatic rings. The van der Waals surface area contributed by atoms with Crippen molar-refractivity contribution in [2.24, 2.45) is 0 Å². The van der Waals surface area contributed by atoms with Crippen LogP contribution in [0.5, 0.6) is 0 Å². The number of halogens is 1. The number of anilines is 1. The van der Waals surface area contributed by atoms with Gasteiger partial charge < -0.3 is 14.6 Å². The second kappa shape index (κ2) is 8.99. The van der Waals surface area contributed by atoms with Gasteiger partial charge in [0.15, 0.2) is 0 Å². The molecule has 5 heteroatoms. The summed E-state index contributed by atoms with van der Waals surface area (Å²) in [5.74, 6) is -0.648. The monoisotopic (exact) mass is 358 g/mol. The molecular formula is C21H27FN2O2. The van der Waals surface area contributed by atoms with Gasteiger partial charge in [0.2, 0.25) is 5.91 Å². The number of aryl methyl sites for hydroxylation is 1. The third-order valence-electron chi connectivity index (χ3n) is 5.04. The average Bonchev–Trinajstić information content (AvgIpc) is 3.11. The average molecular weight is 358 g/mol. The third-order valence-corrected chi connectivity index (χ3v) is 5.04. The highest BCUT2D eigenvalue weighted by Crippen LogP contribution is 2.29. The first-order valence-corrected chi connectivity index (χ1v) is 9.43. The van der Waals surface area contributed by atoms with Gasteiger partial charge in [0.25, 0.3) is 0 Å². The minimum atomic E-state index is -0.412. The number of carbonyl (C=O) groups excluding carboxylic acids is 1. The molecule has 1 N–H and O–H groups in total. The zero-order valence-electron chi connectivity index (χ0n) is 15.3. The summed E-state index contributed by atoms with van der Waals surface area (Å²) in [6.07, 6.45) is 8.70. The van der Waals surface area contributed by atoms with E-state index in [2.05, 4.69) is 28.2 Å². The fourth-order valence-electron chi connectivity index (χ4n) is 3.60. The summed E-state index contributed by atoms with van der Waals surface area (Å²) in [7, 11) is 0. The molecule has 4 nitrogen and oxygen atoms in total. The van der Waals surface area contributed by atoms with Crippen molar-refractivity contribution in [3.8, 4) is 0 Å². The van der Waals surface area contributed by atoms with Gasteiger partial charge in [-0.1, -0.05) is 31.4 Å². The quantitative estimate of drug-likeness (QED) is 0.709. The largest absolute Gasteiger partial charge is 0.375 e. The molecular weight excluding hydrogens is 331 g/mol. The maximum atomic E-state index is 13.8. The predicted molar refractivity (Wildman–Crippen MR) is 101 cm³/mol. The SMILES string of the molecule is Cc1cccc(F)c1NC(=O)CCOCc1cccn1C1CCCCC1. The van der Waals surface area contributed by atoms with E-state index >= 15 is 0 Å². The second-order valence-electron chi connectivity index (χ2n) is 6.98. The summed E-state index contributed by atoms with van der Waals surface area (Å²) < 4.78 is 21.8. The summed E-state index contributed by atoms with van der Waals surface area (Å²) in [4.78, 5) is 12.0. The zero-order valence-corrected chi connectivity index (χ0v) is 15.3. The maximum Gasteiger partial charge on any atom is 0.226 e. The normalized spacial score (nSPS) is 15.2. The number of hydrogen-bond acceptors (Lipinski definition) is 2. The highest BCUT2D eigenvalue weighted by Gasteiger charge is 2.17. The lowest BCUT2D eigenvalue weighted by Gasteiger charge is -2.25. The van der Waals surface area contributed by atoms with Gasteiger partial charge in [-0.05, 0) is 43.5 Å². The molecule has 0 atom stereocenters. The molecule has 3 rings (SSSR count). The first kappa shape index (κ1) is 18.6. The molecule has 1 heterocycles. The van der Waals surface area contributed by atoms with Crippen LogP contribution in [0, 0.1) is 12.7 Å². The number of benzene rings is 1. The standard InChI is InChI=1S/C21H27FN2O2/c1-16-7-5-11-19(22)21(16)23-20(25)12-14-26-15-18-10-6-13-24(18)17-8-3-2-4-9-17/h5-7,10-11,13,17H,2-4,8-9,12,14-15H2,1H3,(H,23,25).